The summed E-state index contributed by atoms with van der Waals surface area (Å²) in [4.78, 5) is 0. The maximum Gasteiger partial charge on any atom is 0.128 e. The van der Waals surface area contributed by atoms with Crippen molar-refractivity contribution in [2.24, 2.45) is 0 Å². The first-order valence-corrected chi connectivity index (χ1v) is 4.60. The van der Waals surface area contributed by atoms with Crippen molar-refractivity contribution in [1.82, 2.24) is 0 Å². The zero-order valence-corrected chi connectivity index (χ0v) is 7.92. The SMILES string of the molecule is CCCCOc1ccccc1C=N. The Morgan fingerprint density at radius 2 is 2.15 bits per heavy atom. The van der Waals surface area contributed by atoms with Gasteiger partial charge in [0.2, 0.25) is 0 Å². The van der Waals surface area contributed by atoms with Crippen LogP contribution in [0, 0.1) is 5.41 Å². The smallest absolute Gasteiger partial charge is 0.128 e. The van der Waals surface area contributed by atoms with Crippen molar-refractivity contribution in [3.8, 4) is 5.75 Å². The molecule has 0 aliphatic rings. The molecule has 0 bridgehead atoms. The lowest BCUT2D eigenvalue weighted by atomic mass is 10.2. The summed E-state index contributed by atoms with van der Waals surface area (Å²) in [6.07, 6.45) is 3.51. The van der Waals surface area contributed by atoms with Gasteiger partial charge in [0.05, 0.1) is 6.61 Å². The van der Waals surface area contributed by atoms with Gasteiger partial charge in [0, 0.05) is 11.8 Å². The molecule has 0 fully saturated rings. The van der Waals surface area contributed by atoms with E-state index in [4.69, 9.17) is 10.1 Å². The normalized spacial score (nSPS) is 9.62. The molecule has 2 heteroatoms. The number of unbranched alkanes of at least 4 members (excludes halogenated alkanes) is 1. The van der Waals surface area contributed by atoms with Crippen molar-refractivity contribution in [3.63, 3.8) is 0 Å². The van der Waals surface area contributed by atoms with E-state index in [-0.39, 0.29) is 0 Å². The standard InChI is InChI=1S/C11H15NO/c1-2-3-8-13-11-7-5-4-6-10(11)9-12/h4-7,9,12H,2-3,8H2,1H3. The number of rotatable bonds is 5. The fraction of sp³-hybridized carbons (Fsp3) is 0.364. The third-order valence-corrected chi connectivity index (χ3v) is 1.83. The summed E-state index contributed by atoms with van der Waals surface area (Å²) >= 11 is 0. The lowest BCUT2D eigenvalue weighted by Gasteiger charge is -2.07. The van der Waals surface area contributed by atoms with Crippen LogP contribution in [0.15, 0.2) is 24.3 Å². The molecule has 0 aliphatic carbocycles. The molecule has 0 aliphatic heterocycles. The highest BCUT2D eigenvalue weighted by Gasteiger charge is 1.98. The second-order valence-corrected chi connectivity index (χ2v) is 2.88. The second kappa shape index (κ2) is 5.36. The molecule has 13 heavy (non-hydrogen) atoms. The Kier molecular flexibility index (Phi) is 4.03. The molecule has 1 rings (SSSR count). The summed E-state index contributed by atoms with van der Waals surface area (Å²) < 4.78 is 5.52. The summed E-state index contributed by atoms with van der Waals surface area (Å²) in [6.45, 7) is 2.87. The van der Waals surface area contributed by atoms with E-state index >= 15 is 0 Å². The number of hydrogen-bond donors (Lipinski definition) is 1. The highest BCUT2D eigenvalue weighted by molar-refractivity contribution is 5.80. The van der Waals surface area contributed by atoms with Crippen molar-refractivity contribution in [1.29, 1.82) is 5.41 Å². The maximum absolute atomic E-state index is 7.16. The van der Waals surface area contributed by atoms with E-state index in [9.17, 15) is 0 Å². The molecular weight excluding hydrogens is 162 g/mol. The van der Waals surface area contributed by atoms with Crippen molar-refractivity contribution in [3.05, 3.63) is 29.8 Å². The predicted octanol–water partition coefficient (Wildman–Crippen LogP) is 2.86. The van der Waals surface area contributed by atoms with E-state index < -0.39 is 0 Å². The third kappa shape index (κ3) is 2.90. The fourth-order valence-corrected chi connectivity index (χ4v) is 1.06. The Balaban J connectivity index is 2.59. The molecule has 0 saturated carbocycles. The molecule has 70 valence electrons. The average molecular weight is 177 g/mol. The van der Waals surface area contributed by atoms with Gasteiger partial charge in [0.25, 0.3) is 0 Å². The minimum Gasteiger partial charge on any atom is -0.493 e. The van der Waals surface area contributed by atoms with Crippen LogP contribution in [-0.4, -0.2) is 12.8 Å². The van der Waals surface area contributed by atoms with Gasteiger partial charge in [-0.05, 0) is 18.6 Å². The molecule has 0 saturated heterocycles. The summed E-state index contributed by atoms with van der Waals surface area (Å²) in [5.74, 6) is 0.811. The highest BCUT2D eigenvalue weighted by atomic mass is 16.5. The van der Waals surface area contributed by atoms with E-state index in [2.05, 4.69) is 6.92 Å². The van der Waals surface area contributed by atoms with E-state index in [1.807, 2.05) is 24.3 Å². The number of para-hydroxylation sites is 1. The van der Waals surface area contributed by atoms with E-state index in [0.29, 0.717) is 0 Å². The number of hydrogen-bond acceptors (Lipinski definition) is 2. The van der Waals surface area contributed by atoms with Gasteiger partial charge in [-0.1, -0.05) is 25.5 Å². The molecule has 0 amide bonds. The molecule has 1 N–H and O–H groups in total. The van der Waals surface area contributed by atoms with E-state index in [0.717, 1.165) is 30.8 Å². The van der Waals surface area contributed by atoms with Crippen molar-refractivity contribution >= 4 is 6.21 Å². The molecule has 0 atom stereocenters. The van der Waals surface area contributed by atoms with Crippen LogP contribution in [0.4, 0.5) is 0 Å². The quantitative estimate of drug-likeness (QED) is 0.544. The van der Waals surface area contributed by atoms with E-state index in [1.54, 1.807) is 0 Å². The van der Waals surface area contributed by atoms with Gasteiger partial charge in [0.15, 0.2) is 0 Å². The van der Waals surface area contributed by atoms with Gasteiger partial charge in [0.1, 0.15) is 5.75 Å². The Bertz CT molecular complexity index is 271. The molecule has 0 radical (unpaired) electrons. The predicted molar refractivity (Wildman–Crippen MR) is 54.7 cm³/mol. The lowest BCUT2D eigenvalue weighted by Crippen LogP contribution is -1.98. The zero-order chi connectivity index (χ0) is 9.52. The largest absolute Gasteiger partial charge is 0.493 e. The first kappa shape index (κ1) is 9.78. The number of ether oxygens (including phenoxy) is 1. The van der Waals surface area contributed by atoms with Crippen molar-refractivity contribution in [2.45, 2.75) is 19.8 Å². The van der Waals surface area contributed by atoms with Crippen LogP contribution >= 0.6 is 0 Å². The van der Waals surface area contributed by atoms with Crippen LogP contribution in [0.1, 0.15) is 25.3 Å². The van der Waals surface area contributed by atoms with Gasteiger partial charge >= 0.3 is 0 Å². The third-order valence-electron chi connectivity index (χ3n) is 1.83. The minimum atomic E-state index is 0.737. The average Bonchev–Trinajstić information content (AvgIpc) is 2.19. The first-order valence-electron chi connectivity index (χ1n) is 4.60. The van der Waals surface area contributed by atoms with Gasteiger partial charge < -0.3 is 10.1 Å². The van der Waals surface area contributed by atoms with Gasteiger partial charge in [-0.2, -0.15) is 0 Å². The molecule has 1 aromatic carbocycles. The molecule has 0 heterocycles. The fourth-order valence-electron chi connectivity index (χ4n) is 1.06. The highest BCUT2D eigenvalue weighted by Crippen LogP contribution is 2.15. The summed E-state index contributed by atoms with van der Waals surface area (Å²) in [7, 11) is 0. The Morgan fingerprint density at radius 1 is 1.38 bits per heavy atom. The molecule has 2 nitrogen and oxygen atoms in total. The van der Waals surface area contributed by atoms with Crippen molar-refractivity contribution < 1.29 is 4.74 Å². The molecule has 0 unspecified atom stereocenters. The summed E-state index contributed by atoms with van der Waals surface area (Å²) in [6, 6.07) is 7.62. The summed E-state index contributed by atoms with van der Waals surface area (Å²) in [5.41, 5.74) is 0.846. The minimum absolute atomic E-state index is 0.737. The Morgan fingerprint density at radius 3 is 2.85 bits per heavy atom. The molecule has 0 spiro atoms. The van der Waals surface area contributed by atoms with E-state index in [1.165, 1.54) is 6.21 Å². The second-order valence-electron chi connectivity index (χ2n) is 2.88. The van der Waals surface area contributed by atoms with Crippen LogP contribution in [0.25, 0.3) is 0 Å². The van der Waals surface area contributed by atoms with Crippen molar-refractivity contribution in [2.75, 3.05) is 6.61 Å². The van der Waals surface area contributed by atoms with Gasteiger partial charge in [-0.25, -0.2) is 0 Å². The Labute approximate surface area is 79.1 Å². The molecule has 0 aromatic heterocycles. The monoisotopic (exact) mass is 177 g/mol. The summed E-state index contributed by atoms with van der Waals surface area (Å²) in [5, 5.41) is 7.16. The Hall–Kier alpha value is -1.31. The lowest BCUT2D eigenvalue weighted by molar-refractivity contribution is 0.309. The molecule has 1 aromatic rings. The van der Waals surface area contributed by atoms with Gasteiger partial charge in [-0.15, -0.1) is 0 Å². The number of nitrogens with one attached hydrogen (secondary N) is 1. The maximum atomic E-state index is 7.16. The van der Waals surface area contributed by atoms with Gasteiger partial charge in [-0.3, -0.25) is 0 Å². The zero-order valence-electron chi connectivity index (χ0n) is 7.92. The van der Waals surface area contributed by atoms with Crippen LogP contribution in [0.3, 0.4) is 0 Å². The van der Waals surface area contributed by atoms with Crippen LogP contribution in [0.2, 0.25) is 0 Å². The van der Waals surface area contributed by atoms with Crippen LogP contribution in [-0.2, 0) is 0 Å². The van der Waals surface area contributed by atoms with Crippen LogP contribution in [0.5, 0.6) is 5.75 Å². The number of benzene rings is 1. The topological polar surface area (TPSA) is 33.1 Å². The molecular formula is C11H15NO. The first-order chi connectivity index (χ1) is 6.38. The van der Waals surface area contributed by atoms with Crippen LogP contribution < -0.4 is 4.74 Å².